The van der Waals surface area contributed by atoms with Gasteiger partial charge in [0.25, 0.3) is 5.56 Å². The molecular formula is C30H36N2O4. The molecule has 0 saturated heterocycles. The Hall–Kier alpha value is -3.54. The van der Waals surface area contributed by atoms with E-state index in [1.165, 1.54) is 11.7 Å². The van der Waals surface area contributed by atoms with E-state index in [2.05, 4.69) is 31.0 Å². The molecule has 0 aliphatic carbocycles. The van der Waals surface area contributed by atoms with Crippen molar-refractivity contribution in [2.75, 3.05) is 7.11 Å². The molecule has 0 fully saturated rings. The maximum Gasteiger partial charge on any atom is 0.306 e. The number of benzene rings is 1. The number of hydrogen-bond acceptors (Lipinski definition) is 5. The van der Waals surface area contributed by atoms with Gasteiger partial charge in [-0.25, -0.2) is 0 Å². The van der Waals surface area contributed by atoms with Crippen LogP contribution in [0.2, 0.25) is 0 Å². The minimum Gasteiger partial charge on any atom is -0.469 e. The fraction of sp³-hybridized carbons (Fsp3) is 0.400. The van der Waals surface area contributed by atoms with Gasteiger partial charge in [-0.3, -0.25) is 19.4 Å². The Kier molecular flexibility index (Phi) is 8.97. The number of methoxy groups -OCH3 is 1. The second kappa shape index (κ2) is 11.9. The number of ketones is 1. The first-order valence-corrected chi connectivity index (χ1v) is 12.4. The van der Waals surface area contributed by atoms with E-state index >= 15 is 0 Å². The van der Waals surface area contributed by atoms with Crippen LogP contribution < -0.4 is 5.56 Å². The van der Waals surface area contributed by atoms with E-state index in [4.69, 9.17) is 4.74 Å². The highest BCUT2D eigenvalue weighted by Gasteiger charge is 2.28. The van der Waals surface area contributed by atoms with Crippen LogP contribution in [0.1, 0.15) is 67.3 Å². The number of pyridine rings is 2. The Morgan fingerprint density at radius 2 is 1.69 bits per heavy atom. The minimum absolute atomic E-state index is 0.0529. The summed E-state index contributed by atoms with van der Waals surface area (Å²) in [5, 5.41) is 0. The summed E-state index contributed by atoms with van der Waals surface area (Å²) in [6.45, 7) is 10.0. The first-order valence-electron chi connectivity index (χ1n) is 12.4. The van der Waals surface area contributed by atoms with E-state index in [-0.39, 0.29) is 30.1 Å². The standard InChI is InChI=1S/C30H36N2O4/c1-19(2)12-26(32-11-10-20(3)13-28(32)34)27(33)15-23(16-29(35)36-6)24-14-25(18-31-17-24)30-21(4)8-7-9-22(30)5/h7-11,13-14,17-19,23,26H,12,15-16H2,1-6H3/t23-,26?/m0/s1. The van der Waals surface area contributed by atoms with Crippen LogP contribution in [-0.4, -0.2) is 28.4 Å². The van der Waals surface area contributed by atoms with Crippen molar-refractivity contribution in [3.05, 3.63) is 87.6 Å². The third kappa shape index (κ3) is 6.56. The number of rotatable bonds is 10. The van der Waals surface area contributed by atoms with Crippen LogP contribution in [0.3, 0.4) is 0 Å². The van der Waals surface area contributed by atoms with Crippen molar-refractivity contribution in [3.63, 3.8) is 0 Å². The molecule has 0 aliphatic rings. The molecular weight excluding hydrogens is 452 g/mol. The van der Waals surface area contributed by atoms with Crippen LogP contribution in [0.25, 0.3) is 11.1 Å². The smallest absolute Gasteiger partial charge is 0.306 e. The Morgan fingerprint density at radius 3 is 2.31 bits per heavy atom. The minimum atomic E-state index is -0.604. The number of carbonyl (C=O) groups is 2. The molecule has 2 atom stereocenters. The molecule has 1 unspecified atom stereocenters. The number of hydrogen-bond donors (Lipinski definition) is 0. The summed E-state index contributed by atoms with van der Waals surface area (Å²) in [6, 6.07) is 10.9. The van der Waals surface area contributed by atoms with Crippen LogP contribution >= 0.6 is 0 Å². The van der Waals surface area contributed by atoms with Crippen LogP contribution in [0, 0.1) is 26.7 Å². The summed E-state index contributed by atoms with van der Waals surface area (Å²) in [7, 11) is 1.35. The molecule has 0 amide bonds. The Bertz CT molecular complexity index is 1270. The van der Waals surface area contributed by atoms with Crippen molar-refractivity contribution in [1.82, 2.24) is 9.55 Å². The molecule has 0 bridgehead atoms. The lowest BCUT2D eigenvalue weighted by molar-refractivity contribution is -0.141. The summed E-state index contributed by atoms with van der Waals surface area (Å²) in [6.07, 6.45) is 5.91. The maximum absolute atomic E-state index is 13.7. The van der Waals surface area contributed by atoms with Gasteiger partial charge >= 0.3 is 5.97 Å². The summed E-state index contributed by atoms with van der Waals surface area (Å²) in [5.41, 5.74) is 5.75. The first kappa shape index (κ1) is 27.1. The molecule has 1 aromatic carbocycles. The zero-order valence-electron chi connectivity index (χ0n) is 22.1. The van der Waals surface area contributed by atoms with Gasteiger partial charge in [0.2, 0.25) is 0 Å². The quantitative estimate of drug-likeness (QED) is 0.341. The van der Waals surface area contributed by atoms with Crippen molar-refractivity contribution in [2.45, 2.75) is 65.8 Å². The highest BCUT2D eigenvalue weighted by molar-refractivity contribution is 5.84. The average Bonchev–Trinajstić information content (AvgIpc) is 2.82. The number of aryl methyl sites for hydroxylation is 3. The molecule has 190 valence electrons. The molecule has 2 heterocycles. The van der Waals surface area contributed by atoms with E-state index < -0.39 is 17.9 Å². The highest BCUT2D eigenvalue weighted by atomic mass is 16.5. The second-order valence-corrected chi connectivity index (χ2v) is 10.0. The molecule has 0 radical (unpaired) electrons. The Balaban J connectivity index is 2.00. The van der Waals surface area contributed by atoms with Gasteiger partial charge in [0.15, 0.2) is 5.78 Å². The number of esters is 1. The number of carbonyl (C=O) groups excluding carboxylic acids is 2. The number of Topliss-reactive ketones (excluding diaryl/α,β-unsaturated/α-hetero) is 1. The van der Waals surface area contributed by atoms with Gasteiger partial charge in [-0.1, -0.05) is 32.0 Å². The molecule has 3 aromatic rings. The van der Waals surface area contributed by atoms with Crippen LogP contribution in [0.4, 0.5) is 0 Å². The highest BCUT2D eigenvalue weighted by Crippen LogP contribution is 2.33. The van der Waals surface area contributed by atoms with Gasteiger partial charge in [0.1, 0.15) is 0 Å². The fourth-order valence-electron chi connectivity index (χ4n) is 4.75. The summed E-state index contributed by atoms with van der Waals surface area (Å²) in [5.74, 6) is -0.683. The zero-order chi connectivity index (χ0) is 26.4. The maximum atomic E-state index is 13.7. The van der Waals surface area contributed by atoms with Crippen LogP contribution in [0.5, 0.6) is 0 Å². The lowest BCUT2D eigenvalue weighted by Gasteiger charge is -2.24. The molecule has 2 aromatic heterocycles. The van der Waals surface area contributed by atoms with Crippen LogP contribution in [-0.2, 0) is 14.3 Å². The summed E-state index contributed by atoms with van der Waals surface area (Å²) < 4.78 is 6.48. The van der Waals surface area contributed by atoms with Gasteiger partial charge in [-0.15, -0.1) is 0 Å². The third-order valence-electron chi connectivity index (χ3n) is 6.59. The molecule has 6 nitrogen and oxygen atoms in total. The number of aromatic nitrogens is 2. The Labute approximate surface area is 213 Å². The topological polar surface area (TPSA) is 78.3 Å². The molecule has 3 rings (SSSR count). The zero-order valence-corrected chi connectivity index (χ0v) is 22.1. The van der Waals surface area contributed by atoms with E-state index in [0.29, 0.717) is 6.42 Å². The summed E-state index contributed by atoms with van der Waals surface area (Å²) >= 11 is 0. The SMILES string of the molecule is COC(=O)C[C@H](CC(=O)C(CC(C)C)n1ccc(C)cc1=O)c1cncc(-c2c(C)cccc2C)c1. The van der Waals surface area contributed by atoms with Crippen molar-refractivity contribution < 1.29 is 14.3 Å². The lowest BCUT2D eigenvalue weighted by atomic mass is 9.86. The Morgan fingerprint density at radius 1 is 1.00 bits per heavy atom. The van der Waals surface area contributed by atoms with Crippen molar-refractivity contribution in [1.29, 1.82) is 0 Å². The molecule has 0 N–H and O–H groups in total. The van der Waals surface area contributed by atoms with E-state index in [9.17, 15) is 14.4 Å². The predicted octanol–water partition coefficient (Wildman–Crippen LogP) is 5.73. The molecule has 6 heteroatoms. The third-order valence-corrected chi connectivity index (χ3v) is 6.59. The molecule has 0 spiro atoms. The molecule has 36 heavy (non-hydrogen) atoms. The molecule has 0 aliphatic heterocycles. The van der Waals surface area contributed by atoms with Crippen molar-refractivity contribution in [2.24, 2.45) is 5.92 Å². The van der Waals surface area contributed by atoms with Gasteiger partial charge < -0.3 is 9.30 Å². The van der Waals surface area contributed by atoms with E-state index in [1.54, 1.807) is 18.5 Å². The van der Waals surface area contributed by atoms with Gasteiger partial charge in [-0.05, 0) is 73.1 Å². The number of ether oxygens (including phenoxy) is 1. The van der Waals surface area contributed by atoms with E-state index in [0.717, 1.165) is 33.4 Å². The number of nitrogens with zero attached hydrogens (tertiary/aromatic N) is 2. The largest absolute Gasteiger partial charge is 0.469 e. The van der Waals surface area contributed by atoms with Gasteiger partial charge in [-0.2, -0.15) is 0 Å². The van der Waals surface area contributed by atoms with Crippen molar-refractivity contribution >= 4 is 11.8 Å². The summed E-state index contributed by atoms with van der Waals surface area (Å²) in [4.78, 5) is 43.2. The monoisotopic (exact) mass is 488 g/mol. The molecule has 0 saturated carbocycles. The fourth-order valence-corrected chi connectivity index (χ4v) is 4.75. The average molecular weight is 489 g/mol. The van der Waals surface area contributed by atoms with Crippen LogP contribution in [0.15, 0.2) is 59.8 Å². The van der Waals surface area contributed by atoms with Gasteiger partial charge in [0.05, 0.1) is 19.6 Å². The first-order chi connectivity index (χ1) is 17.1. The van der Waals surface area contributed by atoms with Crippen molar-refractivity contribution in [3.8, 4) is 11.1 Å². The van der Waals surface area contributed by atoms with Gasteiger partial charge in [0, 0.05) is 42.6 Å². The lowest BCUT2D eigenvalue weighted by Crippen LogP contribution is -2.31. The normalized spacial score (nSPS) is 12.9. The van der Waals surface area contributed by atoms with E-state index in [1.807, 2.05) is 45.2 Å². The second-order valence-electron chi connectivity index (χ2n) is 10.0. The predicted molar refractivity (Wildman–Crippen MR) is 142 cm³/mol.